The maximum atomic E-state index is 4.42. The van der Waals surface area contributed by atoms with E-state index < -0.39 is 0 Å². The zero-order valence-electron chi connectivity index (χ0n) is 11.5. The molecule has 0 aliphatic carbocycles. The molecule has 1 heterocycles. The van der Waals surface area contributed by atoms with Crippen molar-refractivity contribution in [2.75, 3.05) is 36.1 Å². The van der Waals surface area contributed by atoms with Crippen LogP contribution in [0, 0.1) is 0 Å². The maximum absolute atomic E-state index is 4.42. The molecule has 0 bridgehead atoms. The molecule has 0 fully saturated rings. The van der Waals surface area contributed by atoms with Crippen LogP contribution < -0.4 is 0 Å². The van der Waals surface area contributed by atoms with Crippen LogP contribution in [-0.2, 0) is 6.54 Å². The third-order valence-electron chi connectivity index (χ3n) is 2.62. The summed E-state index contributed by atoms with van der Waals surface area (Å²) in [4.78, 5) is 6.94. The lowest BCUT2D eigenvalue weighted by Gasteiger charge is -2.21. The minimum atomic E-state index is 0.982. The van der Waals surface area contributed by atoms with Crippen LogP contribution in [0.25, 0.3) is 0 Å². The Hall–Kier alpha value is -0.190. The second kappa shape index (κ2) is 10.7. The summed E-state index contributed by atoms with van der Waals surface area (Å²) in [7, 11) is 0. The van der Waals surface area contributed by atoms with E-state index in [1.54, 1.807) is 0 Å². The van der Waals surface area contributed by atoms with Crippen molar-refractivity contribution in [2.24, 2.45) is 0 Å². The Kier molecular flexibility index (Phi) is 9.44. The van der Waals surface area contributed by atoms with E-state index in [0.717, 1.165) is 6.54 Å². The number of hydrogen-bond acceptors (Lipinski definition) is 4. The van der Waals surface area contributed by atoms with Crippen molar-refractivity contribution in [1.82, 2.24) is 9.88 Å². The van der Waals surface area contributed by atoms with E-state index in [1.807, 2.05) is 35.8 Å². The average Bonchev–Trinajstić information content (AvgIpc) is 2.40. The highest BCUT2D eigenvalue weighted by Crippen LogP contribution is 2.07. The lowest BCUT2D eigenvalue weighted by atomic mass is 10.3. The molecule has 0 N–H and O–H groups in total. The van der Waals surface area contributed by atoms with Gasteiger partial charge < -0.3 is 0 Å². The molecule has 0 radical (unpaired) electrons. The molecule has 0 amide bonds. The molecule has 4 heteroatoms. The predicted molar refractivity (Wildman–Crippen MR) is 85.5 cm³/mol. The van der Waals surface area contributed by atoms with Crippen LogP contribution in [0.1, 0.15) is 19.5 Å². The fraction of sp³-hybridized carbons (Fsp3) is 0.643. The number of rotatable bonds is 10. The second-order valence-corrected chi connectivity index (χ2v) is 6.78. The summed E-state index contributed by atoms with van der Waals surface area (Å²) in [6, 6.07) is 6.17. The van der Waals surface area contributed by atoms with E-state index in [-0.39, 0.29) is 0 Å². The van der Waals surface area contributed by atoms with Crippen molar-refractivity contribution in [3.63, 3.8) is 0 Å². The van der Waals surface area contributed by atoms with Crippen molar-refractivity contribution in [3.8, 4) is 0 Å². The molecule has 2 nitrogen and oxygen atoms in total. The van der Waals surface area contributed by atoms with Crippen molar-refractivity contribution in [3.05, 3.63) is 30.1 Å². The van der Waals surface area contributed by atoms with Gasteiger partial charge in [-0.2, -0.15) is 23.5 Å². The summed E-state index contributed by atoms with van der Waals surface area (Å²) in [6.07, 6.45) is 1.88. The number of aromatic nitrogens is 1. The van der Waals surface area contributed by atoms with Gasteiger partial charge in [0.1, 0.15) is 0 Å². The van der Waals surface area contributed by atoms with Gasteiger partial charge in [0.25, 0.3) is 0 Å². The van der Waals surface area contributed by atoms with Gasteiger partial charge >= 0.3 is 0 Å². The fourth-order valence-electron chi connectivity index (χ4n) is 1.67. The van der Waals surface area contributed by atoms with E-state index in [2.05, 4.69) is 35.9 Å². The Morgan fingerprint density at radius 3 is 2.22 bits per heavy atom. The standard InChI is InChI=1S/C14H24N2S2/c1-3-17-11-9-16(10-12-18-4-2)13-14-7-5-6-8-15-14/h5-8H,3-4,9-13H2,1-2H3. The van der Waals surface area contributed by atoms with Gasteiger partial charge in [0, 0.05) is 37.3 Å². The quantitative estimate of drug-likeness (QED) is 0.612. The van der Waals surface area contributed by atoms with E-state index in [4.69, 9.17) is 0 Å². The minimum Gasteiger partial charge on any atom is -0.296 e. The zero-order chi connectivity index (χ0) is 13.1. The summed E-state index contributed by atoms with van der Waals surface area (Å²) < 4.78 is 0. The molecule has 0 aliphatic heterocycles. The second-order valence-electron chi connectivity index (χ2n) is 3.99. The average molecular weight is 284 g/mol. The molecule has 0 aromatic carbocycles. The molecular formula is C14H24N2S2. The molecule has 0 saturated carbocycles. The van der Waals surface area contributed by atoms with E-state index in [0.29, 0.717) is 0 Å². The monoisotopic (exact) mass is 284 g/mol. The third kappa shape index (κ3) is 7.29. The van der Waals surface area contributed by atoms with Crippen LogP contribution >= 0.6 is 23.5 Å². The Morgan fingerprint density at radius 2 is 1.72 bits per heavy atom. The maximum Gasteiger partial charge on any atom is 0.0543 e. The van der Waals surface area contributed by atoms with Crippen molar-refractivity contribution in [2.45, 2.75) is 20.4 Å². The van der Waals surface area contributed by atoms with Crippen LogP contribution in [0.3, 0.4) is 0 Å². The summed E-state index contributed by atoms with van der Waals surface area (Å²) in [5.74, 6) is 4.86. The molecule has 0 atom stereocenters. The molecule has 0 spiro atoms. The molecular weight excluding hydrogens is 260 g/mol. The molecule has 0 unspecified atom stereocenters. The molecule has 1 aromatic heterocycles. The highest BCUT2D eigenvalue weighted by molar-refractivity contribution is 7.99. The van der Waals surface area contributed by atoms with Crippen LogP contribution in [0.2, 0.25) is 0 Å². The SMILES string of the molecule is CCSCCN(CCSCC)Cc1ccccn1. The molecule has 18 heavy (non-hydrogen) atoms. The van der Waals surface area contributed by atoms with Gasteiger partial charge in [-0.3, -0.25) is 9.88 Å². The van der Waals surface area contributed by atoms with Crippen molar-refractivity contribution in [1.29, 1.82) is 0 Å². The lowest BCUT2D eigenvalue weighted by molar-refractivity contribution is 0.297. The molecule has 1 aromatic rings. The molecule has 0 aliphatic rings. The molecule has 102 valence electrons. The summed E-state index contributed by atoms with van der Waals surface area (Å²) >= 11 is 4.03. The van der Waals surface area contributed by atoms with Crippen LogP contribution in [-0.4, -0.2) is 46.0 Å². The van der Waals surface area contributed by atoms with Crippen molar-refractivity contribution < 1.29 is 0 Å². The van der Waals surface area contributed by atoms with E-state index in [9.17, 15) is 0 Å². The van der Waals surface area contributed by atoms with Crippen LogP contribution in [0.5, 0.6) is 0 Å². The summed E-state index contributed by atoms with van der Waals surface area (Å²) in [6.45, 7) is 7.76. The van der Waals surface area contributed by atoms with Gasteiger partial charge in [0.15, 0.2) is 0 Å². The Bertz CT molecular complexity index is 283. The normalized spacial score (nSPS) is 11.1. The molecule has 1 rings (SSSR count). The van der Waals surface area contributed by atoms with Gasteiger partial charge in [-0.05, 0) is 23.6 Å². The lowest BCUT2D eigenvalue weighted by Crippen LogP contribution is -2.28. The zero-order valence-corrected chi connectivity index (χ0v) is 13.1. The van der Waals surface area contributed by atoms with Gasteiger partial charge in [0.05, 0.1) is 5.69 Å². The smallest absolute Gasteiger partial charge is 0.0543 e. The molecule has 0 saturated heterocycles. The topological polar surface area (TPSA) is 16.1 Å². The fourth-order valence-corrected chi connectivity index (χ4v) is 3.02. The first-order valence-corrected chi connectivity index (χ1v) is 8.95. The van der Waals surface area contributed by atoms with E-state index in [1.165, 1.54) is 41.8 Å². The predicted octanol–water partition coefficient (Wildman–Crippen LogP) is 3.39. The summed E-state index contributed by atoms with van der Waals surface area (Å²) in [5.41, 5.74) is 1.18. The minimum absolute atomic E-state index is 0.982. The van der Waals surface area contributed by atoms with Crippen molar-refractivity contribution >= 4 is 23.5 Å². The van der Waals surface area contributed by atoms with Gasteiger partial charge in [-0.15, -0.1) is 0 Å². The first-order chi connectivity index (χ1) is 8.86. The van der Waals surface area contributed by atoms with Crippen LogP contribution in [0.15, 0.2) is 24.4 Å². The van der Waals surface area contributed by atoms with Crippen LogP contribution in [0.4, 0.5) is 0 Å². The highest BCUT2D eigenvalue weighted by Gasteiger charge is 2.06. The number of thioether (sulfide) groups is 2. The number of hydrogen-bond donors (Lipinski definition) is 0. The Morgan fingerprint density at radius 1 is 1.06 bits per heavy atom. The van der Waals surface area contributed by atoms with Gasteiger partial charge in [-0.1, -0.05) is 19.9 Å². The number of pyridine rings is 1. The highest BCUT2D eigenvalue weighted by atomic mass is 32.2. The van der Waals surface area contributed by atoms with Gasteiger partial charge in [0.2, 0.25) is 0 Å². The first kappa shape index (κ1) is 15.9. The number of nitrogens with zero attached hydrogens (tertiary/aromatic N) is 2. The van der Waals surface area contributed by atoms with E-state index >= 15 is 0 Å². The Labute approximate surface area is 120 Å². The largest absolute Gasteiger partial charge is 0.296 e. The first-order valence-electron chi connectivity index (χ1n) is 6.64. The van der Waals surface area contributed by atoms with Gasteiger partial charge in [-0.25, -0.2) is 0 Å². The Balaban J connectivity index is 2.37. The summed E-state index contributed by atoms with van der Waals surface area (Å²) in [5, 5.41) is 0. The third-order valence-corrected chi connectivity index (χ3v) is 4.38.